The zero-order valence-corrected chi connectivity index (χ0v) is 11.2. The first-order valence-corrected chi connectivity index (χ1v) is 6.90. The van der Waals surface area contributed by atoms with Gasteiger partial charge in [-0.2, -0.15) is 4.98 Å². The minimum absolute atomic E-state index is 0.205. The maximum Gasteiger partial charge on any atom is 0.234 e. The zero-order chi connectivity index (χ0) is 14.0. The van der Waals surface area contributed by atoms with E-state index in [1.165, 1.54) is 12.5 Å². The molecule has 0 aromatic carbocycles. The summed E-state index contributed by atoms with van der Waals surface area (Å²) in [6.45, 7) is 0.505. The van der Waals surface area contributed by atoms with Gasteiger partial charge in [-0.05, 0) is 25.0 Å². The molecule has 1 fully saturated rings. The van der Waals surface area contributed by atoms with E-state index in [4.69, 9.17) is 10.3 Å². The highest BCUT2D eigenvalue weighted by molar-refractivity contribution is 5.47. The quantitative estimate of drug-likeness (QED) is 0.931. The highest BCUT2D eigenvalue weighted by atomic mass is 19.1. The predicted molar refractivity (Wildman–Crippen MR) is 71.3 cm³/mol. The molecule has 0 amide bonds. The first-order valence-electron chi connectivity index (χ1n) is 6.90. The third-order valence-corrected chi connectivity index (χ3v) is 4.04. The van der Waals surface area contributed by atoms with Gasteiger partial charge in [0.1, 0.15) is 11.5 Å². The molecular weight excluding hydrogens is 259 g/mol. The second-order valence-corrected chi connectivity index (χ2v) is 5.33. The van der Waals surface area contributed by atoms with E-state index < -0.39 is 0 Å². The molecule has 20 heavy (non-hydrogen) atoms. The molecule has 0 saturated heterocycles. The van der Waals surface area contributed by atoms with Gasteiger partial charge in [0.15, 0.2) is 0 Å². The van der Waals surface area contributed by atoms with Crippen LogP contribution in [-0.4, -0.2) is 21.7 Å². The van der Waals surface area contributed by atoms with E-state index in [0.29, 0.717) is 24.0 Å². The molecule has 0 radical (unpaired) electrons. The van der Waals surface area contributed by atoms with E-state index in [2.05, 4.69) is 15.1 Å². The average molecular weight is 276 g/mol. The SMILES string of the molecule is NCC1(c2nc(-c3ccc(F)cn3)no2)CCCCC1. The van der Waals surface area contributed by atoms with Crippen molar-refractivity contribution in [3.8, 4) is 11.5 Å². The fraction of sp³-hybridized carbons (Fsp3) is 0.500. The van der Waals surface area contributed by atoms with Gasteiger partial charge in [0.05, 0.1) is 11.6 Å². The van der Waals surface area contributed by atoms with E-state index in [9.17, 15) is 4.39 Å². The molecule has 0 bridgehead atoms. The summed E-state index contributed by atoms with van der Waals surface area (Å²) in [6, 6.07) is 2.87. The van der Waals surface area contributed by atoms with E-state index in [1.54, 1.807) is 6.07 Å². The second kappa shape index (κ2) is 5.28. The summed E-state index contributed by atoms with van der Waals surface area (Å²) in [7, 11) is 0. The molecule has 0 atom stereocenters. The Morgan fingerprint density at radius 1 is 1.25 bits per heavy atom. The Bertz CT molecular complexity index is 575. The van der Waals surface area contributed by atoms with E-state index >= 15 is 0 Å². The summed E-state index contributed by atoms with van der Waals surface area (Å²) < 4.78 is 18.3. The molecule has 2 N–H and O–H groups in total. The summed E-state index contributed by atoms with van der Waals surface area (Å²) in [5.41, 5.74) is 6.24. The van der Waals surface area contributed by atoms with Gasteiger partial charge in [-0.15, -0.1) is 0 Å². The van der Waals surface area contributed by atoms with E-state index in [0.717, 1.165) is 31.9 Å². The molecular formula is C14H17FN4O. The number of hydrogen-bond donors (Lipinski definition) is 1. The van der Waals surface area contributed by atoms with Crippen LogP contribution in [0.3, 0.4) is 0 Å². The van der Waals surface area contributed by atoms with Crippen molar-refractivity contribution in [3.63, 3.8) is 0 Å². The van der Waals surface area contributed by atoms with Gasteiger partial charge < -0.3 is 10.3 Å². The van der Waals surface area contributed by atoms with Crippen molar-refractivity contribution in [3.05, 3.63) is 30.0 Å². The molecule has 6 heteroatoms. The lowest BCUT2D eigenvalue weighted by molar-refractivity contribution is 0.220. The highest BCUT2D eigenvalue weighted by Crippen LogP contribution is 2.38. The number of nitrogens with two attached hydrogens (primary N) is 1. The fourth-order valence-electron chi connectivity index (χ4n) is 2.78. The first-order chi connectivity index (χ1) is 9.73. The summed E-state index contributed by atoms with van der Waals surface area (Å²) in [5, 5.41) is 3.96. The normalized spacial score (nSPS) is 18.1. The summed E-state index contributed by atoms with van der Waals surface area (Å²) in [4.78, 5) is 8.40. The van der Waals surface area contributed by atoms with Crippen molar-refractivity contribution in [2.24, 2.45) is 5.73 Å². The van der Waals surface area contributed by atoms with Crippen LogP contribution in [-0.2, 0) is 5.41 Å². The van der Waals surface area contributed by atoms with Crippen molar-refractivity contribution in [2.45, 2.75) is 37.5 Å². The number of hydrogen-bond acceptors (Lipinski definition) is 5. The predicted octanol–water partition coefficient (Wildman–Crippen LogP) is 2.43. The van der Waals surface area contributed by atoms with E-state index in [1.807, 2.05) is 0 Å². The molecule has 3 rings (SSSR count). The molecule has 1 aliphatic rings. The lowest BCUT2D eigenvalue weighted by Gasteiger charge is -2.32. The van der Waals surface area contributed by atoms with Crippen LogP contribution in [0.4, 0.5) is 4.39 Å². The molecule has 1 aliphatic carbocycles. The van der Waals surface area contributed by atoms with Gasteiger partial charge in [-0.1, -0.05) is 24.4 Å². The van der Waals surface area contributed by atoms with E-state index in [-0.39, 0.29) is 11.2 Å². The molecule has 106 valence electrons. The first kappa shape index (κ1) is 13.2. The monoisotopic (exact) mass is 276 g/mol. The molecule has 2 aromatic heterocycles. The van der Waals surface area contributed by atoms with Crippen LogP contribution in [0.25, 0.3) is 11.5 Å². The molecule has 0 aliphatic heterocycles. The van der Waals surface area contributed by atoms with Gasteiger partial charge in [0, 0.05) is 6.54 Å². The van der Waals surface area contributed by atoms with Crippen molar-refractivity contribution < 1.29 is 8.91 Å². The smallest absolute Gasteiger partial charge is 0.234 e. The lowest BCUT2D eigenvalue weighted by atomic mass is 9.74. The summed E-state index contributed by atoms with van der Waals surface area (Å²) in [6.07, 6.45) is 6.57. The van der Waals surface area contributed by atoms with Crippen LogP contribution >= 0.6 is 0 Å². The maximum atomic E-state index is 12.9. The maximum absolute atomic E-state index is 12.9. The Kier molecular flexibility index (Phi) is 3.48. The van der Waals surface area contributed by atoms with Crippen molar-refractivity contribution in [2.75, 3.05) is 6.54 Å². The number of nitrogens with zero attached hydrogens (tertiary/aromatic N) is 3. The minimum atomic E-state index is -0.386. The molecule has 0 spiro atoms. The van der Waals surface area contributed by atoms with Crippen molar-refractivity contribution in [1.29, 1.82) is 0 Å². The van der Waals surface area contributed by atoms with Crippen LogP contribution in [0.2, 0.25) is 0 Å². The molecule has 2 heterocycles. The van der Waals surface area contributed by atoms with Gasteiger partial charge in [0.2, 0.25) is 11.7 Å². The number of halogens is 1. The van der Waals surface area contributed by atoms with Gasteiger partial charge >= 0.3 is 0 Å². The number of aromatic nitrogens is 3. The zero-order valence-electron chi connectivity index (χ0n) is 11.2. The average Bonchev–Trinajstić information content (AvgIpc) is 2.99. The van der Waals surface area contributed by atoms with Gasteiger partial charge in [0.25, 0.3) is 0 Å². The Hall–Kier alpha value is -1.82. The van der Waals surface area contributed by atoms with Crippen LogP contribution in [0, 0.1) is 5.82 Å². The van der Waals surface area contributed by atoms with Gasteiger partial charge in [-0.25, -0.2) is 9.37 Å². The number of pyridine rings is 1. The molecule has 5 nitrogen and oxygen atoms in total. The standard InChI is InChI=1S/C14H17FN4O/c15-10-4-5-11(17-8-10)12-18-13(20-19-12)14(9-16)6-2-1-3-7-14/h4-5,8H,1-3,6-7,9,16H2. The fourth-order valence-corrected chi connectivity index (χ4v) is 2.78. The Morgan fingerprint density at radius 2 is 2.05 bits per heavy atom. The van der Waals surface area contributed by atoms with Crippen LogP contribution in [0.1, 0.15) is 38.0 Å². The minimum Gasteiger partial charge on any atom is -0.338 e. The second-order valence-electron chi connectivity index (χ2n) is 5.33. The third kappa shape index (κ3) is 2.31. The van der Waals surface area contributed by atoms with Crippen LogP contribution < -0.4 is 5.73 Å². The molecule has 2 aromatic rings. The molecule has 0 unspecified atom stereocenters. The number of rotatable bonds is 3. The lowest BCUT2D eigenvalue weighted by Crippen LogP contribution is -2.37. The Morgan fingerprint density at radius 3 is 2.70 bits per heavy atom. The Labute approximate surface area is 116 Å². The highest BCUT2D eigenvalue weighted by Gasteiger charge is 2.38. The summed E-state index contributed by atoms with van der Waals surface area (Å²) in [5.74, 6) is 0.586. The molecule has 1 saturated carbocycles. The topological polar surface area (TPSA) is 77.8 Å². The summed E-state index contributed by atoms with van der Waals surface area (Å²) >= 11 is 0. The van der Waals surface area contributed by atoms with Crippen LogP contribution in [0.5, 0.6) is 0 Å². The Balaban J connectivity index is 1.91. The third-order valence-electron chi connectivity index (χ3n) is 4.04. The van der Waals surface area contributed by atoms with Crippen molar-refractivity contribution >= 4 is 0 Å². The van der Waals surface area contributed by atoms with Crippen LogP contribution in [0.15, 0.2) is 22.9 Å². The van der Waals surface area contributed by atoms with Crippen molar-refractivity contribution in [1.82, 2.24) is 15.1 Å². The van der Waals surface area contributed by atoms with Gasteiger partial charge in [-0.3, -0.25) is 0 Å². The largest absolute Gasteiger partial charge is 0.338 e.